The lowest BCUT2D eigenvalue weighted by atomic mass is 10.1. The molecule has 100 valence electrons. The van der Waals surface area contributed by atoms with Crippen LogP contribution in [0, 0.1) is 21.7 Å². The molecule has 0 heterocycles. The molecule has 0 aliphatic carbocycles. The van der Waals surface area contributed by atoms with Crippen LogP contribution < -0.4 is 0 Å². The first-order valence-electron chi connectivity index (χ1n) is 4.50. The lowest BCUT2D eigenvalue weighted by Gasteiger charge is -2.14. The van der Waals surface area contributed by atoms with E-state index in [1.807, 2.05) is 0 Å². The van der Waals surface area contributed by atoms with Gasteiger partial charge in [-0.3, -0.25) is 10.1 Å². The number of hydrogen-bond acceptors (Lipinski definition) is 3. The third-order valence-corrected chi connectivity index (χ3v) is 2.11. The summed E-state index contributed by atoms with van der Waals surface area (Å²) in [5.74, 6) is -3.07. The molecule has 0 saturated heterocycles. The van der Waals surface area contributed by atoms with Crippen LogP contribution in [0.4, 0.5) is 27.6 Å². The van der Waals surface area contributed by atoms with E-state index in [2.05, 4.69) is 0 Å². The van der Waals surface area contributed by atoms with Gasteiger partial charge in [-0.25, -0.2) is 8.78 Å². The number of aliphatic hydroxyl groups is 1. The minimum Gasteiger partial charge on any atom is -0.383 e. The average molecular weight is 271 g/mol. The van der Waals surface area contributed by atoms with E-state index in [0.717, 1.165) is 0 Å². The number of hydrogen-bond donors (Lipinski definition) is 1. The van der Waals surface area contributed by atoms with Crippen molar-refractivity contribution in [1.82, 2.24) is 0 Å². The van der Waals surface area contributed by atoms with Crippen molar-refractivity contribution in [2.24, 2.45) is 0 Å². The Bertz CT molecular complexity index is 474. The number of nitrogens with zero attached hydrogens (tertiary/aromatic N) is 1. The normalized spacial score (nSPS) is 13.4. The van der Waals surface area contributed by atoms with Crippen molar-refractivity contribution >= 4 is 5.69 Å². The zero-order chi connectivity index (χ0) is 14.1. The van der Waals surface area contributed by atoms with Gasteiger partial charge in [0, 0.05) is 12.0 Å². The maximum Gasteiger partial charge on any atom is 0.414 e. The standard InChI is InChI=1S/C9H6F5NO3/c10-5-1-4(2-8(16)9(12,13)14)7(15(17)18)3-6(5)11/h1,3,8,16H,2H2. The molecule has 1 aromatic rings. The summed E-state index contributed by atoms with van der Waals surface area (Å²) in [5.41, 5.74) is -1.75. The van der Waals surface area contributed by atoms with Crippen LogP contribution >= 0.6 is 0 Å². The summed E-state index contributed by atoms with van der Waals surface area (Å²) in [6, 6.07) is 0.441. The Balaban J connectivity index is 3.15. The second-order valence-electron chi connectivity index (χ2n) is 3.41. The molecule has 0 aromatic heterocycles. The monoisotopic (exact) mass is 271 g/mol. The number of rotatable bonds is 3. The molecule has 0 fully saturated rings. The molecule has 1 aromatic carbocycles. The molecule has 0 amide bonds. The smallest absolute Gasteiger partial charge is 0.383 e. The van der Waals surface area contributed by atoms with Crippen molar-refractivity contribution in [1.29, 1.82) is 0 Å². The highest BCUT2D eigenvalue weighted by Crippen LogP contribution is 2.28. The van der Waals surface area contributed by atoms with E-state index < -0.39 is 46.5 Å². The molecule has 1 rings (SSSR count). The molecule has 1 N–H and O–H groups in total. The van der Waals surface area contributed by atoms with E-state index in [1.165, 1.54) is 0 Å². The fourth-order valence-corrected chi connectivity index (χ4v) is 1.24. The minimum atomic E-state index is -5.00. The molecule has 18 heavy (non-hydrogen) atoms. The zero-order valence-corrected chi connectivity index (χ0v) is 8.54. The second-order valence-corrected chi connectivity index (χ2v) is 3.41. The zero-order valence-electron chi connectivity index (χ0n) is 8.54. The third kappa shape index (κ3) is 3.13. The van der Waals surface area contributed by atoms with Gasteiger partial charge in [0.2, 0.25) is 0 Å². The van der Waals surface area contributed by atoms with Crippen LogP contribution in [0.2, 0.25) is 0 Å². The molecular weight excluding hydrogens is 265 g/mol. The summed E-state index contributed by atoms with van der Waals surface area (Å²) in [6.07, 6.45) is -9.11. The molecule has 0 radical (unpaired) electrons. The summed E-state index contributed by atoms with van der Waals surface area (Å²) < 4.78 is 61.7. The van der Waals surface area contributed by atoms with Gasteiger partial charge in [-0.15, -0.1) is 0 Å². The maximum absolute atomic E-state index is 12.8. The van der Waals surface area contributed by atoms with Crippen LogP contribution in [0.25, 0.3) is 0 Å². The van der Waals surface area contributed by atoms with Crippen LogP contribution in [0.15, 0.2) is 12.1 Å². The molecule has 1 atom stereocenters. The second kappa shape index (κ2) is 4.84. The Kier molecular flexibility index (Phi) is 3.85. The number of aliphatic hydroxyl groups excluding tert-OH is 1. The van der Waals surface area contributed by atoms with Gasteiger partial charge in [-0.1, -0.05) is 0 Å². The van der Waals surface area contributed by atoms with Crippen LogP contribution in [-0.2, 0) is 6.42 Å². The van der Waals surface area contributed by atoms with Crippen molar-refractivity contribution in [3.63, 3.8) is 0 Å². The molecule has 0 saturated carbocycles. The molecule has 0 spiro atoms. The molecular formula is C9H6F5NO3. The first kappa shape index (κ1) is 14.3. The summed E-state index contributed by atoms with van der Waals surface area (Å²) in [5, 5.41) is 19.2. The SMILES string of the molecule is O=[N+]([O-])c1cc(F)c(F)cc1CC(O)C(F)(F)F. The molecule has 0 aliphatic heterocycles. The van der Waals surface area contributed by atoms with Crippen LogP contribution in [0.3, 0.4) is 0 Å². The summed E-state index contributed by atoms with van der Waals surface area (Å²) in [7, 11) is 0. The fourth-order valence-electron chi connectivity index (χ4n) is 1.24. The van der Waals surface area contributed by atoms with Crippen molar-refractivity contribution in [3.05, 3.63) is 39.4 Å². The number of alkyl halides is 3. The van der Waals surface area contributed by atoms with Crippen molar-refractivity contribution in [3.8, 4) is 0 Å². The van der Waals surface area contributed by atoms with Crippen molar-refractivity contribution in [2.75, 3.05) is 0 Å². The predicted octanol–water partition coefficient (Wildman–Crippen LogP) is 2.34. The van der Waals surface area contributed by atoms with Gasteiger partial charge in [-0.2, -0.15) is 13.2 Å². The highest BCUT2D eigenvalue weighted by Gasteiger charge is 2.39. The molecule has 0 aliphatic rings. The quantitative estimate of drug-likeness (QED) is 0.521. The topological polar surface area (TPSA) is 63.4 Å². The maximum atomic E-state index is 12.8. The molecule has 4 nitrogen and oxygen atoms in total. The van der Waals surface area contributed by atoms with Gasteiger partial charge in [0.1, 0.15) is 0 Å². The van der Waals surface area contributed by atoms with E-state index in [0.29, 0.717) is 0 Å². The van der Waals surface area contributed by atoms with Crippen LogP contribution in [0.1, 0.15) is 5.56 Å². The van der Waals surface area contributed by atoms with E-state index in [4.69, 9.17) is 5.11 Å². The highest BCUT2D eigenvalue weighted by molar-refractivity contribution is 5.41. The Morgan fingerprint density at radius 3 is 2.22 bits per heavy atom. The Morgan fingerprint density at radius 2 is 1.78 bits per heavy atom. The van der Waals surface area contributed by atoms with Gasteiger partial charge >= 0.3 is 6.18 Å². The lowest BCUT2D eigenvalue weighted by molar-refractivity contribution is -0.386. The van der Waals surface area contributed by atoms with Gasteiger partial charge < -0.3 is 5.11 Å². The minimum absolute atomic E-state index is 0.174. The van der Waals surface area contributed by atoms with E-state index in [-0.39, 0.29) is 12.1 Å². The third-order valence-electron chi connectivity index (χ3n) is 2.11. The lowest BCUT2D eigenvalue weighted by Crippen LogP contribution is -2.30. The molecule has 9 heteroatoms. The van der Waals surface area contributed by atoms with Crippen molar-refractivity contribution in [2.45, 2.75) is 18.7 Å². The van der Waals surface area contributed by atoms with E-state index in [1.54, 1.807) is 0 Å². The first-order chi connectivity index (χ1) is 8.12. The van der Waals surface area contributed by atoms with Gasteiger partial charge in [-0.05, 0) is 6.07 Å². The average Bonchev–Trinajstić information content (AvgIpc) is 2.21. The van der Waals surface area contributed by atoms with Crippen LogP contribution in [0.5, 0.6) is 0 Å². The van der Waals surface area contributed by atoms with E-state index >= 15 is 0 Å². The fraction of sp³-hybridized carbons (Fsp3) is 0.333. The first-order valence-corrected chi connectivity index (χ1v) is 4.50. The highest BCUT2D eigenvalue weighted by atomic mass is 19.4. The number of nitro groups is 1. The van der Waals surface area contributed by atoms with Gasteiger partial charge in [0.15, 0.2) is 17.7 Å². The predicted molar refractivity (Wildman–Crippen MR) is 48.8 cm³/mol. The van der Waals surface area contributed by atoms with Gasteiger partial charge in [0.05, 0.1) is 11.0 Å². The summed E-state index contributed by atoms with van der Waals surface area (Å²) in [6.45, 7) is 0. The number of benzene rings is 1. The Morgan fingerprint density at radius 1 is 1.28 bits per heavy atom. The van der Waals surface area contributed by atoms with Crippen LogP contribution in [-0.4, -0.2) is 22.3 Å². The Hall–Kier alpha value is -1.77. The van der Waals surface area contributed by atoms with Gasteiger partial charge in [0.25, 0.3) is 5.69 Å². The number of halogens is 5. The van der Waals surface area contributed by atoms with Crippen molar-refractivity contribution < 1.29 is 32.0 Å². The molecule has 0 bridgehead atoms. The number of nitro benzene ring substituents is 1. The molecule has 1 unspecified atom stereocenters. The largest absolute Gasteiger partial charge is 0.414 e. The summed E-state index contributed by atoms with van der Waals surface area (Å²) >= 11 is 0. The van der Waals surface area contributed by atoms with E-state index in [9.17, 15) is 32.1 Å². The Labute approximate surface area is 96.8 Å². The summed E-state index contributed by atoms with van der Waals surface area (Å²) in [4.78, 5) is 9.32.